The summed E-state index contributed by atoms with van der Waals surface area (Å²) in [4.78, 5) is 25.7. The molecular weight excluding hydrogens is 501 g/mol. The average molecular weight is 521 g/mol. The molecule has 0 fully saturated rings. The molecule has 0 bridgehead atoms. The van der Waals surface area contributed by atoms with Gasteiger partial charge in [-0.25, -0.2) is 9.97 Å². The second-order valence-corrected chi connectivity index (χ2v) is 8.99. The minimum Gasteiger partial charge on any atom is -0.332 e. The third-order valence-electron chi connectivity index (χ3n) is 5.35. The van der Waals surface area contributed by atoms with Crippen LogP contribution in [0.3, 0.4) is 0 Å². The summed E-state index contributed by atoms with van der Waals surface area (Å²) in [6, 6.07) is 13.7. The molecule has 0 aliphatic rings. The van der Waals surface area contributed by atoms with Crippen molar-refractivity contribution in [2.24, 2.45) is 0 Å². The number of hydrogen-bond acceptors (Lipinski definition) is 6. The molecule has 0 saturated carbocycles. The van der Waals surface area contributed by atoms with E-state index in [9.17, 15) is 18.0 Å². The zero-order valence-electron chi connectivity index (χ0n) is 19.3. The van der Waals surface area contributed by atoms with Crippen molar-refractivity contribution in [1.82, 2.24) is 19.5 Å². The van der Waals surface area contributed by atoms with Crippen LogP contribution in [0.15, 0.2) is 84.9 Å². The predicted octanol–water partition coefficient (Wildman–Crippen LogP) is 6.71. The molecule has 0 spiro atoms. The first kappa shape index (κ1) is 24.2. The topological polar surface area (TPSA) is 84.7 Å². The van der Waals surface area contributed by atoms with Crippen molar-refractivity contribution < 1.29 is 18.0 Å². The van der Waals surface area contributed by atoms with Gasteiger partial charge in [-0.2, -0.15) is 13.2 Å². The van der Waals surface area contributed by atoms with Gasteiger partial charge in [-0.15, -0.1) is 11.3 Å². The summed E-state index contributed by atoms with van der Waals surface area (Å²) < 4.78 is 42.1. The van der Waals surface area contributed by atoms with E-state index in [0.717, 1.165) is 23.4 Å². The summed E-state index contributed by atoms with van der Waals surface area (Å²) >= 11 is 1.40. The van der Waals surface area contributed by atoms with E-state index in [1.54, 1.807) is 49.8 Å². The molecule has 3 aromatic heterocycles. The minimum atomic E-state index is -4.59. The second kappa shape index (κ2) is 9.86. The number of anilines is 3. The standard InChI is InChI=1S/C26H19F3N6OS/c1-16-13-35(15-31-16)22-10-19(26(27,28)29)9-21(11-22)32-24(36)17-4-2-6-20(8-17)33-25-34-23(14-37-25)18-5-3-7-30-12-18/h2-15H,1H3,(H,32,36)(H,33,34). The number of carbonyl (C=O) groups excluding carboxylic acids is 1. The Bertz CT molecular complexity index is 1560. The van der Waals surface area contributed by atoms with E-state index in [0.29, 0.717) is 16.5 Å². The van der Waals surface area contributed by atoms with Crippen LogP contribution < -0.4 is 10.6 Å². The van der Waals surface area contributed by atoms with E-state index in [1.807, 2.05) is 17.5 Å². The van der Waals surface area contributed by atoms with Gasteiger partial charge >= 0.3 is 6.18 Å². The second-order valence-electron chi connectivity index (χ2n) is 8.13. The number of aromatic nitrogens is 4. The van der Waals surface area contributed by atoms with Gasteiger partial charge in [-0.05, 0) is 55.5 Å². The first-order chi connectivity index (χ1) is 17.7. The highest BCUT2D eigenvalue weighted by atomic mass is 32.1. The van der Waals surface area contributed by atoms with Gasteiger partial charge in [0.05, 0.1) is 23.3 Å². The number of pyridine rings is 1. The first-order valence-electron chi connectivity index (χ1n) is 11.0. The molecule has 0 unspecified atom stereocenters. The van der Waals surface area contributed by atoms with Gasteiger partial charge in [-0.3, -0.25) is 9.78 Å². The Hall–Kier alpha value is -4.51. The van der Waals surface area contributed by atoms with E-state index in [1.165, 1.54) is 28.3 Å². The maximum atomic E-state index is 13.5. The normalized spacial score (nSPS) is 11.4. The molecule has 0 aliphatic carbocycles. The number of alkyl halides is 3. The molecule has 0 atom stereocenters. The Balaban J connectivity index is 1.36. The fraction of sp³-hybridized carbons (Fsp3) is 0.0769. The number of carbonyl (C=O) groups is 1. The SMILES string of the molecule is Cc1cn(-c2cc(NC(=O)c3cccc(Nc4nc(-c5cccnc5)cs4)c3)cc(C(F)(F)F)c2)cn1. The Morgan fingerprint density at radius 3 is 2.65 bits per heavy atom. The summed E-state index contributed by atoms with van der Waals surface area (Å²) in [5, 5.41) is 8.26. The number of nitrogens with one attached hydrogen (secondary N) is 2. The lowest BCUT2D eigenvalue weighted by Crippen LogP contribution is -2.14. The van der Waals surface area contributed by atoms with Crippen molar-refractivity contribution in [2.75, 3.05) is 10.6 Å². The first-order valence-corrected chi connectivity index (χ1v) is 11.9. The van der Waals surface area contributed by atoms with Gasteiger partial charge in [0.1, 0.15) is 0 Å². The van der Waals surface area contributed by atoms with Crippen molar-refractivity contribution in [3.8, 4) is 16.9 Å². The van der Waals surface area contributed by atoms with Crippen LogP contribution in [0.1, 0.15) is 21.6 Å². The summed E-state index contributed by atoms with van der Waals surface area (Å²) in [5.41, 5.74) is 2.55. The van der Waals surface area contributed by atoms with E-state index in [2.05, 4.69) is 25.6 Å². The zero-order chi connectivity index (χ0) is 26.0. The summed E-state index contributed by atoms with van der Waals surface area (Å²) in [6.45, 7) is 1.74. The van der Waals surface area contributed by atoms with Crippen LogP contribution in [-0.4, -0.2) is 25.4 Å². The zero-order valence-corrected chi connectivity index (χ0v) is 20.1. The highest BCUT2D eigenvalue weighted by Crippen LogP contribution is 2.33. The largest absolute Gasteiger partial charge is 0.416 e. The number of amides is 1. The van der Waals surface area contributed by atoms with Crippen LogP contribution in [0.4, 0.5) is 29.7 Å². The maximum absolute atomic E-state index is 13.5. The molecule has 2 N–H and O–H groups in total. The van der Waals surface area contributed by atoms with Crippen molar-refractivity contribution in [3.05, 3.63) is 102 Å². The van der Waals surface area contributed by atoms with Crippen molar-refractivity contribution in [1.29, 1.82) is 0 Å². The molecule has 5 rings (SSSR count). The Morgan fingerprint density at radius 1 is 1.05 bits per heavy atom. The molecule has 3 heterocycles. The number of imidazole rings is 1. The van der Waals surface area contributed by atoms with Crippen LogP contribution in [-0.2, 0) is 6.18 Å². The molecular formula is C26H19F3N6OS. The van der Waals surface area contributed by atoms with Crippen LogP contribution in [0.5, 0.6) is 0 Å². The van der Waals surface area contributed by atoms with Crippen molar-refractivity contribution in [2.45, 2.75) is 13.1 Å². The number of hydrogen-bond donors (Lipinski definition) is 2. The van der Waals surface area contributed by atoms with Crippen LogP contribution in [0.2, 0.25) is 0 Å². The van der Waals surface area contributed by atoms with Gasteiger partial charge < -0.3 is 15.2 Å². The Labute approximate surface area is 213 Å². The van der Waals surface area contributed by atoms with Crippen LogP contribution >= 0.6 is 11.3 Å². The van der Waals surface area contributed by atoms with Gasteiger partial charge in [-0.1, -0.05) is 6.07 Å². The quantitative estimate of drug-likeness (QED) is 0.260. The number of aryl methyl sites for hydroxylation is 1. The van der Waals surface area contributed by atoms with Crippen molar-refractivity contribution >= 4 is 33.8 Å². The lowest BCUT2D eigenvalue weighted by molar-refractivity contribution is -0.137. The Kier molecular flexibility index (Phi) is 6.45. The summed E-state index contributed by atoms with van der Waals surface area (Å²) in [7, 11) is 0. The average Bonchev–Trinajstić information content (AvgIpc) is 3.53. The number of rotatable bonds is 6. The fourth-order valence-electron chi connectivity index (χ4n) is 3.60. The number of benzene rings is 2. The molecule has 11 heteroatoms. The third-order valence-corrected chi connectivity index (χ3v) is 6.11. The van der Waals surface area contributed by atoms with Gasteiger partial charge in [0.15, 0.2) is 5.13 Å². The molecule has 186 valence electrons. The smallest absolute Gasteiger partial charge is 0.332 e. The van der Waals surface area contributed by atoms with Gasteiger partial charge in [0.25, 0.3) is 5.91 Å². The van der Waals surface area contributed by atoms with E-state index < -0.39 is 17.6 Å². The van der Waals surface area contributed by atoms with Gasteiger partial charge in [0.2, 0.25) is 0 Å². The Morgan fingerprint density at radius 2 is 1.92 bits per heavy atom. The molecule has 7 nitrogen and oxygen atoms in total. The number of thiazole rings is 1. The van der Waals surface area contributed by atoms with E-state index >= 15 is 0 Å². The highest BCUT2D eigenvalue weighted by Gasteiger charge is 2.31. The van der Waals surface area contributed by atoms with Gasteiger partial charge in [0, 0.05) is 52.2 Å². The van der Waals surface area contributed by atoms with E-state index in [4.69, 9.17) is 0 Å². The summed E-state index contributed by atoms with van der Waals surface area (Å²) in [5.74, 6) is -0.550. The molecule has 0 aliphatic heterocycles. The lowest BCUT2D eigenvalue weighted by Gasteiger charge is -2.14. The molecule has 0 saturated heterocycles. The van der Waals surface area contributed by atoms with Crippen molar-refractivity contribution in [3.63, 3.8) is 0 Å². The minimum absolute atomic E-state index is 0.0144. The molecule has 5 aromatic rings. The molecule has 0 radical (unpaired) electrons. The maximum Gasteiger partial charge on any atom is 0.416 e. The highest BCUT2D eigenvalue weighted by molar-refractivity contribution is 7.14. The fourth-order valence-corrected chi connectivity index (χ4v) is 4.34. The molecule has 37 heavy (non-hydrogen) atoms. The van der Waals surface area contributed by atoms with E-state index in [-0.39, 0.29) is 16.9 Å². The molecule has 1 amide bonds. The predicted molar refractivity (Wildman–Crippen MR) is 136 cm³/mol. The molecule has 2 aromatic carbocycles. The van der Waals surface area contributed by atoms with Crippen LogP contribution in [0.25, 0.3) is 16.9 Å². The monoisotopic (exact) mass is 520 g/mol. The third kappa shape index (κ3) is 5.67. The lowest BCUT2D eigenvalue weighted by atomic mass is 10.1. The number of halogens is 3. The van der Waals surface area contributed by atoms with Crippen LogP contribution in [0, 0.1) is 6.92 Å². The summed E-state index contributed by atoms with van der Waals surface area (Å²) in [6.07, 6.45) is 1.84. The number of nitrogens with zero attached hydrogens (tertiary/aromatic N) is 4.